The third-order valence-electron chi connectivity index (χ3n) is 6.14. The molecule has 0 aliphatic carbocycles. The van der Waals surface area contributed by atoms with Crippen molar-refractivity contribution in [2.24, 2.45) is 5.92 Å². The van der Waals surface area contributed by atoms with Gasteiger partial charge in [-0.25, -0.2) is 0 Å². The molecule has 0 aromatic heterocycles. The van der Waals surface area contributed by atoms with Gasteiger partial charge in [-0.15, -0.1) is 0 Å². The minimum atomic E-state index is 0.332. The Balaban J connectivity index is 1.24. The fraction of sp³-hybridized carbons (Fsp3) is 0.500. The monoisotopic (exact) mass is 415 g/mol. The van der Waals surface area contributed by atoms with E-state index in [1.54, 1.807) is 7.11 Å². The van der Waals surface area contributed by atoms with E-state index in [2.05, 4.69) is 23.1 Å². The van der Waals surface area contributed by atoms with Crippen LogP contribution in [0.1, 0.15) is 36.0 Å². The van der Waals surface area contributed by atoms with Crippen LogP contribution in [0, 0.1) is 5.92 Å². The van der Waals surface area contributed by atoms with Crippen molar-refractivity contribution in [1.29, 1.82) is 0 Å². The molecule has 2 aromatic rings. The van der Waals surface area contributed by atoms with Crippen LogP contribution in [0.3, 0.4) is 0 Å². The molecule has 1 fully saturated rings. The maximum Gasteiger partial charge on any atom is 0.189 e. The van der Waals surface area contributed by atoms with Crippen molar-refractivity contribution in [3.8, 4) is 11.5 Å². The van der Waals surface area contributed by atoms with Gasteiger partial charge in [-0.2, -0.15) is 0 Å². The van der Waals surface area contributed by atoms with Gasteiger partial charge in [0.25, 0.3) is 0 Å². The molecule has 0 saturated carbocycles. The van der Waals surface area contributed by atoms with E-state index in [1.165, 1.54) is 37.1 Å². The highest BCUT2D eigenvalue weighted by Crippen LogP contribution is 2.33. The fourth-order valence-corrected chi connectivity index (χ4v) is 4.75. The smallest absolute Gasteiger partial charge is 0.189 e. The maximum absolute atomic E-state index is 6.47. The standard InChI is InChI=1S/C24H30ClNO3/c1-27-20-5-2-4-19(15-20)14-18-9-12-26(13-10-18)11-3-6-21-22-16-28-17-29-24(22)8-7-23(21)25/h2,4-5,7-8,15,18H,3,6,9-14,16-17H2,1H3. The van der Waals surface area contributed by atoms with Crippen LogP contribution < -0.4 is 9.47 Å². The fourth-order valence-electron chi connectivity index (χ4n) is 4.48. The van der Waals surface area contributed by atoms with Crippen LogP contribution in [0.2, 0.25) is 5.02 Å². The minimum Gasteiger partial charge on any atom is -0.497 e. The molecule has 2 aliphatic rings. The van der Waals surface area contributed by atoms with E-state index in [0.29, 0.717) is 13.4 Å². The molecule has 5 heteroatoms. The Bertz CT molecular complexity index is 818. The topological polar surface area (TPSA) is 30.9 Å². The molecule has 1 saturated heterocycles. The Kier molecular flexibility index (Phi) is 6.96. The summed E-state index contributed by atoms with van der Waals surface area (Å²) in [5.74, 6) is 2.65. The molecule has 4 nitrogen and oxygen atoms in total. The van der Waals surface area contributed by atoms with E-state index < -0.39 is 0 Å². The number of nitrogens with zero attached hydrogens (tertiary/aromatic N) is 1. The summed E-state index contributed by atoms with van der Waals surface area (Å²) in [5.41, 5.74) is 3.70. The summed E-state index contributed by atoms with van der Waals surface area (Å²) in [5, 5.41) is 0.829. The minimum absolute atomic E-state index is 0.332. The molecule has 2 aliphatic heterocycles. The van der Waals surface area contributed by atoms with Gasteiger partial charge >= 0.3 is 0 Å². The molecule has 156 valence electrons. The van der Waals surface area contributed by atoms with Gasteiger partial charge in [-0.3, -0.25) is 0 Å². The summed E-state index contributed by atoms with van der Waals surface area (Å²) < 4.78 is 16.4. The lowest BCUT2D eigenvalue weighted by Crippen LogP contribution is -2.35. The molecule has 29 heavy (non-hydrogen) atoms. The molecule has 0 amide bonds. The quantitative estimate of drug-likeness (QED) is 0.629. The molecule has 0 N–H and O–H groups in total. The SMILES string of the molecule is COc1cccc(CC2CCN(CCCc3c(Cl)ccc4c3COCO4)CC2)c1. The lowest BCUT2D eigenvalue weighted by molar-refractivity contribution is -0.0168. The summed E-state index contributed by atoms with van der Waals surface area (Å²) in [6.45, 7) is 4.41. The van der Waals surface area contributed by atoms with E-state index in [1.807, 2.05) is 18.2 Å². The number of ether oxygens (including phenoxy) is 3. The maximum atomic E-state index is 6.47. The summed E-state index contributed by atoms with van der Waals surface area (Å²) >= 11 is 6.47. The second kappa shape index (κ2) is 9.84. The Morgan fingerprint density at radius 2 is 2.03 bits per heavy atom. The number of likely N-dealkylation sites (tertiary alicyclic amines) is 1. The first kappa shape index (κ1) is 20.5. The number of fused-ring (bicyclic) bond motifs is 1. The van der Waals surface area contributed by atoms with Crippen molar-refractivity contribution < 1.29 is 14.2 Å². The number of halogens is 1. The summed E-state index contributed by atoms with van der Waals surface area (Å²) in [6, 6.07) is 12.4. The average Bonchev–Trinajstić information content (AvgIpc) is 2.76. The summed E-state index contributed by atoms with van der Waals surface area (Å²) in [6.07, 6.45) is 5.76. The lowest BCUT2D eigenvalue weighted by atomic mass is 9.90. The highest BCUT2D eigenvalue weighted by Gasteiger charge is 2.21. The zero-order valence-electron chi connectivity index (χ0n) is 17.2. The molecule has 0 spiro atoms. The van der Waals surface area contributed by atoms with E-state index in [-0.39, 0.29) is 0 Å². The second-order valence-electron chi connectivity index (χ2n) is 8.06. The predicted octanol–water partition coefficient (Wildman–Crippen LogP) is 5.10. The second-order valence-corrected chi connectivity index (χ2v) is 8.46. The molecule has 4 rings (SSSR count). The number of hydrogen-bond donors (Lipinski definition) is 0. The van der Waals surface area contributed by atoms with Crippen LogP contribution in [0.15, 0.2) is 36.4 Å². The van der Waals surface area contributed by atoms with Gasteiger partial charge in [0.1, 0.15) is 11.5 Å². The van der Waals surface area contributed by atoms with E-state index in [9.17, 15) is 0 Å². The highest BCUT2D eigenvalue weighted by molar-refractivity contribution is 6.31. The predicted molar refractivity (Wildman–Crippen MR) is 116 cm³/mol. The van der Waals surface area contributed by atoms with Gasteiger partial charge < -0.3 is 19.1 Å². The van der Waals surface area contributed by atoms with Gasteiger partial charge in [0.15, 0.2) is 6.79 Å². The van der Waals surface area contributed by atoms with Crippen LogP contribution in [-0.2, 0) is 24.2 Å². The van der Waals surface area contributed by atoms with E-state index in [4.69, 9.17) is 25.8 Å². The first-order chi connectivity index (χ1) is 14.2. The third-order valence-corrected chi connectivity index (χ3v) is 6.50. The molecule has 0 bridgehead atoms. The Labute approximate surface area is 178 Å². The van der Waals surface area contributed by atoms with Crippen molar-refractivity contribution in [2.75, 3.05) is 33.5 Å². The highest BCUT2D eigenvalue weighted by atomic mass is 35.5. The largest absolute Gasteiger partial charge is 0.497 e. The number of rotatable bonds is 7. The van der Waals surface area contributed by atoms with Crippen molar-refractivity contribution in [3.63, 3.8) is 0 Å². The summed E-state index contributed by atoms with van der Waals surface area (Å²) in [7, 11) is 1.73. The molecule has 2 heterocycles. The molecule has 2 aromatic carbocycles. The van der Waals surface area contributed by atoms with Crippen molar-refractivity contribution in [1.82, 2.24) is 4.90 Å². The molecular weight excluding hydrogens is 386 g/mol. The summed E-state index contributed by atoms with van der Waals surface area (Å²) in [4.78, 5) is 2.60. The first-order valence-corrected chi connectivity index (χ1v) is 11.0. The number of piperidine rings is 1. The van der Waals surface area contributed by atoms with E-state index >= 15 is 0 Å². The zero-order valence-corrected chi connectivity index (χ0v) is 17.9. The van der Waals surface area contributed by atoms with Crippen LogP contribution in [0.25, 0.3) is 0 Å². The van der Waals surface area contributed by atoms with Crippen LogP contribution in [0.5, 0.6) is 11.5 Å². The van der Waals surface area contributed by atoms with Gasteiger partial charge in [-0.05, 0) is 93.0 Å². The Morgan fingerprint density at radius 3 is 2.86 bits per heavy atom. The van der Waals surface area contributed by atoms with Gasteiger partial charge in [0.2, 0.25) is 0 Å². The van der Waals surface area contributed by atoms with Crippen LogP contribution >= 0.6 is 11.6 Å². The Morgan fingerprint density at radius 1 is 1.17 bits per heavy atom. The molecule has 0 unspecified atom stereocenters. The number of methoxy groups -OCH3 is 1. The zero-order chi connectivity index (χ0) is 20.1. The molecule has 0 radical (unpaired) electrons. The van der Waals surface area contributed by atoms with E-state index in [0.717, 1.165) is 53.8 Å². The Hall–Kier alpha value is -1.75. The van der Waals surface area contributed by atoms with Gasteiger partial charge in [0.05, 0.1) is 13.7 Å². The van der Waals surface area contributed by atoms with Crippen molar-refractivity contribution >= 4 is 11.6 Å². The van der Waals surface area contributed by atoms with Crippen LogP contribution in [0.4, 0.5) is 0 Å². The van der Waals surface area contributed by atoms with Crippen molar-refractivity contribution in [2.45, 2.75) is 38.7 Å². The van der Waals surface area contributed by atoms with Crippen LogP contribution in [-0.4, -0.2) is 38.4 Å². The number of hydrogen-bond acceptors (Lipinski definition) is 4. The van der Waals surface area contributed by atoms with Gasteiger partial charge in [-0.1, -0.05) is 23.7 Å². The van der Waals surface area contributed by atoms with Gasteiger partial charge in [0, 0.05) is 10.6 Å². The normalized spacial score (nSPS) is 17.6. The average molecular weight is 416 g/mol. The first-order valence-electron chi connectivity index (χ1n) is 10.6. The third kappa shape index (κ3) is 5.25. The molecule has 0 atom stereocenters. The van der Waals surface area contributed by atoms with Crippen molar-refractivity contribution in [3.05, 3.63) is 58.1 Å². The lowest BCUT2D eigenvalue weighted by Gasteiger charge is -2.32. The number of benzene rings is 2. The molecular formula is C24H30ClNO3.